The minimum Gasteiger partial charge on any atom is -0.476 e. The molecule has 2 aromatic rings. The fourth-order valence-corrected chi connectivity index (χ4v) is 1.25. The second-order valence-corrected chi connectivity index (χ2v) is 2.64. The number of nitrogens with zero attached hydrogens (tertiary/aromatic N) is 3. The van der Waals surface area contributed by atoms with E-state index >= 15 is 0 Å². The van der Waals surface area contributed by atoms with Crippen molar-refractivity contribution in [2.75, 3.05) is 0 Å². The molecule has 1 N–H and O–H groups in total. The molecule has 0 radical (unpaired) electrons. The number of rotatable bonds is 1. The molecular formula is C8H7N3O2. The van der Waals surface area contributed by atoms with E-state index < -0.39 is 5.97 Å². The third kappa shape index (κ3) is 1.05. The fourth-order valence-electron chi connectivity index (χ4n) is 1.25. The number of hydrogen-bond acceptors (Lipinski definition) is 3. The van der Waals surface area contributed by atoms with Gasteiger partial charge in [0.05, 0.1) is 11.7 Å². The SMILES string of the molecule is Cc1nc(C(=O)O)c2cnccn12. The minimum absolute atomic E-state index is 0.0469. The number of imidazole rings is 1. The maximum absolute atomic E-state index is 10.7. The van der Waals surface area contributed by atoms with Crippen molar-refractivity contribution in [1.82, 2.24) is 14.4 Å². The van der Waals surface area contributed by atoms with Crippen LogP contribution in [0.2, 0.25) is 0 Å². The summed E-state index contributed by atoms with van der Waals surface area (Å²) in [7, 11) is 0. The Morgan fingerprint density at radius 1 is 1.62 bits per heavy atom. The topological polar surface area (TPSA) is 67.5 Å². The van der Waals surface area contributed by atoms with Crippen LogP contribution < -0.4 is 0 Å². The Morgan fingerprint density at radius 3 is 3.08 bits per heavy atom. The molecule has 0 bridgehead atoms. The van der Waals surface area contributed by atoms with Gasteiger partial charge in [0.2, 0.25) is 0 Å². The van der Waals surface area contributed by atoms with Gasteiger partial charge in [0.15, 0.2) is 5.69 Å². The lowest BCUT2D eigenvalue weighted by molar-refractivity contribution is 0.0693. The van der Waals surface area contributed by atoms with Crippen molar-refractivity contribution >= 4 is 11.5 Å². The largest absolute Gasteiger partial charge is 0.476 e. The van der Waals surface area contributed by atoms with E-state index in [1.54, 1.807) is 23.7 Å². The Balaban J connectivity index is 2.85. The maximum Gasteiger partial charge on any atom is 0.356 e. The van der Waals surface area contributed by atoms with Gasteiger partial charge in [0.1, 0.15) is 5.82 Å². The molecule has 0 saturated carbocycles. The third-order valence-electron chi connectivity index (χ3n) is 1.83. The van der Waals surface area contributed by atoms with Crippen LogP contribution in [0.1, 0.15) is 16.3 Å². The lowest BCUT2D eigenvalue weighted by Gasteiger charge is -1.92. The van der Waals surface area contributed by atoms with E-state index in [-0.39, 0.29) is 5.69 Å². The molecule has 0 unspecified atom stereocenters. The summed E-state index contributed by atoms with van der Waals surface area (Å²) < 4.78 is 1.69. The third-order valence-corrected chi connectivity index (χ3v) is 1.83. The molecule has 5 nitrogen and oxygen atoms in total. The van der Waals surface area contributed by atoms with E-state index in [4.69, 9.17) is 5.11 Å². The van der Waals surface area contributed by atoms with Crippen molar-refractivity contribution in [3.8, 4) is 0 Å². The molecule has 2 rings (SSSR count). The molecule has 0 aliphatic heterocycles. The number of hydrogen-bond donors (Lipinski definition) is 1. The van der Waals surface area contributed by atoms with Gasteiger partial charge in [-0.2, -0.15) is 0 Å². The first-order chi connectivity index (χ1) is 6.20. The molecule has 0 saturated heterocycles. The number of aryl methyl sites for hydroxylation is 1. The first-order valence-corrected chi connectivity index (χ1v) is 3.72. The van der Waals surface area contributed by atoms with Gasteiger partial charge < -0.3 is 9.51 Å². The van der Waals surface area contributed by atoms with Gasteiger partial charge in [-0.15, -0.1) is 0 Å². The Hall–Kier alpha value is -1.91. The maximum atomic E-state index is 10.7. The number of carboxylic acids is 1. The van der Waals surface area contributed by atoms with Crippen LogP contribution in [0.4, 0.5) is 0 Å². The highest BCUT2D eigenvalue weighted by molar-refractivity contribution is 5.93. The van der Waals surface area contributed by atoms with Crippen molar-refractivity contribution in [1.29, 1.82) is 0 Å². The Kier molecular flexibility index (Phi) is 1.51. The van der Waals surface area contributed by atoms with Crippen LogP contribution in [0, 0.1) is 6.92 Å². The van der Waals surface area contributed by atoms with E-state index in [1.807, 2.05) is 0 Å². The lowest BCUT2D eigenvalue weighted by Crippen LogP contribution is -1.97. The van der Waals surface area contributed by atoms with Crippen LogP contribution in [0.5, 0.6) is 0 Å². The summed E-state index contributed by atoms with van der Waals surface area (Å²) in [6.07, 6.45) is 4.76. The number of carbonyl (C=O) groups is 1. The summed E-state index contributed by atoms with van der Waals surface area (Å²) >= 11 is 0. The highest BCUT2D eigenvalue weighted by atomic mass is 16.4. The van der Waals surface area contributed by atoms with Crippen molar-refractivity contribution in [3.63, 3.8) is 0 Å². The molecule has 0 aliphatic rings. The van der Waals surface area contributed by atoms with E-state index in [9.17, 15) is 4.79 Å². The van der Waals surface area contributed by atoms with Crippen LogP contribution in [0.25, 0.3) is 5.52 Å². The summed E-state index contributed by atoms with van der Waals surface area (Å²) in [5.74, 6) is -0.381. The standard InChI is InChI=1S/C8H7N3O2/c1-5-10-7(8(12)13)6-4-9-2-3-11(5)6/h2-4H,1H3,(H,12,13). The van der Waals surface area contributed by atoms with Crippen LogP contribution in [-0.2, 0) is 0 Å². The summed E-state index contributed by atoms with van der Waals surface area (Å²) in [5.41, 5.74) is 0.568. The quantitative estimate of drug-likeness (QED) is 0.697. The molecule has 2 heterocycles. The molecule has 0 amide bonds. The van der Waals surface area contributed by atoms with Gasteiger partial charge in [0, 0.05) is 12.4 Å². The summed E-state index contributed by atoms with van der Waals surface area (Å²) in [6.45, 7) is 1.75. The van der Waals surface area contributed by atoms with Gasteiger partial charge in [-0.1, -0.05) is 0 Å². The van der Waals surface area contributed by atoms with Gasteiger partial charge in [-0.05, 0) is 6.92 Å². The second kappa shape index (κ2) is 2.55. The minimum atomic E-state index is -1.03. The van der Waals surface area contributed by atoms with Gasteiger partial charge in [-0.3, -0.25) is 4.98 Å². The molecule has 0 spiro atoms. The molecule has 5 heteroatoms. The lowest BCUT2D eigenvalue weighted by atomic mass is 10.4. The van der Waals surface area contributed by atoms with Crippen LogP contribution in [0.15, 0.2) is 18.6 Å². The predicted octanol–water partition coefficient (Wildman–Crippen LogP) is 0.736. The zero-order chi connectivity index (χ0) is 9.42. The predicted molar refractivity (Wildman–Crippen MR) is 44.7 cm³/mol. The number of fused-ring (bicyclic) bond motifs is 1. The Labute approximate surface area is 73.7 Å². The van der Waals surface area contributed by atoms with E-state index in [0.29, 0.717) is 11.3 Å². The van der Waals surface area contributed by atoms with E-state index in [2.05, 4.69) is 9.97 Å². The first kappa shape index (κ1) is 7.72. The van der Waals surface area contributed by atoms with Crippen molar-refractivity contribution in [3.05, 3.63) is 30.1 Å². The molecule has 0 atom stereocenters. The van der Waals surface area contributed by atoms with Crippen LogP contribution >= 0.6 is 0 Å². The average molecular weight is 177 g/mol. The zero-order valence-electron chi connectivity index (χ0n) is 6.93. The van der Waals surface area contributed by atoms with E-state index in [1.165, 1.54) is 6.20 Å². The van der Waals surface area contributed by atoms with Crippen molar-refractivity contribution in [2.45, 2.75) is 6.92 Å². The fraction of sp³-hybridized carbons (Fsp3) is 0.125. The monoisotopic (exact) mass is 177 g/mol. The average Bonchev–Trinajstić information content (AvgIpc) is 2.45. The van der Waals surface area contributed by atoms with Gasteiger partial charge in [0.25, 0.3) is 0 Å². The summed E-state index contributed by atoms with van der Waals surface area (Å²) in [4.78, 5) is 18.5. The van der Waals surface area contributed by atoms with E-state index in [0.717, 1.165) is 0 Å². The molecular weight excluding hydrogens is 170 g/mol. The van der Waals surface area contributed by atoms with Gasteiger partial charge in [-0.25, -0.2) is 9.78 Å². The van der Waals surface area contributed by atoms with Crippen molar-refractivity contribution < 1.29 is 9.90 Å². The molecule has 0 aliphatic carbocycles. The van der Waals surface area contributed by atoms with Crippen molar-refractivity contribution in [2.24, 2.45) is 0 Å². The number of aromatic nitrogens is 3. The molecule has 0 aromatic carbocycles. The smallest absolute Gasteiger partial charge is 0.356 e. The molecule has 13 heavy (non-hydrogen) atoms. The zero-order valence-corrected chi connectivity index (χ0v) is 6.93. The molecule has 66 valence electrons. The van der Waals surface area contributed by atoms with Gasteiger partial charge >= 0.3 is 5.97 Å². The number of carboxylic acid groups (broad SMARTS) is 1. The molecule has 2 aromatic heterocycles. The summed E-state index contributed by atoms with van der Waals surface area (Å²) in [6, 6.07) is 0. The van der Waals surface area contributed by atoms with Crippen LogP contribution in [0.3, 0.4) is 0 Å². The number of aromatic carboxylic acids is 1. The second-order valence-electron chi connectivity index (χ2n) is 2.64. The highest BCUT2D eigenvalue weighted by Crippen LogP contribution is 2.10. The van der Waals surface area contributed by atoms with Crippen LogP contribution in [-0.4, -0.2) is 25.4 Å². The first-order valence-electron chi connectivity index (χ1n) is 3.72. The Bertz CT molecular complexity index is 475. The Morgan fingerprint density at radius 2 is 2.38 bits per heavy atom. The normalized spacial score (nSPS) is 10.5. The summed E-state index contributed by atoms with van der Waals surface area (Å²) in [5, 5.41) is 8.79. The highest BCUT2D eigenvalue weighted by Gasteiger charge is 2.13. The molecule has 0 fully saturated rings.